The molecule has 0 aromatic rings. The zero-order chi connectivity index (χ0) is 15.2. The quantitative estimate of drug-likeness (QED) is 0.294. The maximum atomic E-state index is 12.1. The molecule has 21 heavy (non-hydrogen) atoms. The van der Waals surface area contributed by atoms with E-state index in [1.54, 1.807) is 0 Å². The first-order chi connectivity index (χ1) is 9.85. The van der Waals surface area contributed by atoms with Gasteiger partial charge in [-0.3, -0.25) is 28.8 Å². The topological polar surface area (TPSA) is 130 Å². The Labute approximate surface area is 115 Å². The fraction of sp³-hybridized carbons (Fsp3) is 0.500. The van der Waals surface area contributed by atoms with Crippen LogP contribution in [0.15, 0.2) is 0 Å². The monoisotopic (exact) mass is 294 g/mol. The average molecular weight is 294 g/mol. The Morgan fingerprint density at radius 1 is 0.571 bits per heavy atom. The fourth-order valence-corrected chi connectivity index (χ4v) is 3.94. The lowest BCUT2D eigenvalue weighted by atomic mass is 9.40. The van der Waals surface area contributed by atoms with E-state index in [-0.39, 0.29) is 19.3 Å². The number of hydrogen-bond donors (Lipinski definition) is 0. The Balaban J connectivity index is 2.04. The van der Waals surface area contributed by atoms with Crippen molar-refractivity contribution >= 4 is 35.8 Å². The van der Waals surface area contributed by atoms with E-state index >= 15 is 0 Å². The van der Waals surface area contributed by atoms with Gasteiger partial charge in [-0.05, 0) is 19.3 Å². The van der Waals surface area contributed by atoms with Crippen LogP contribution in [0.25, 0.3) is 0 Å². The molecule has 1 saturated carbocycles. The number of hydrogen-bond acceptors (Lipinski definition) is 9. The van der Waals surface area contributed by atoms with Crippen molar-refractivity contribution in [3.63, 3.8) is 0 Å². The predicted molar refractivity (Wildman–Crippen MR) is 54.4 cm³/mol. The summed E-state index contributed by atoms with van der Waals surface area (Å²) in [6, 6.07) is 0. The van der Waals surface area contributed by atoms with Crippen molar-refractivity contribution in [2.24, 2.45) is 16.2 Å². The first-order valence-corrected chi connectivity index (χ1v) is 6.16. The average Bonchev–Trinajstić information content (AvgIpc) is 2.46. The molecule has 108 valence electrons. The number of cyclic esters (lactones) is 6. The molecular weight excluding hydrogens is 288 g/mol. The number of carbonyl (C=O) groups excluding carboxylic acids is 6. The molecule has 0 unspecified atom stereocenters. The molecule has 3 spiro atoms. The van der Waals surface area contributed by atoms with Crippen LogP contribution in [0.3, 0.4) is 0 Å². The van der Waals surface area contributed by atoms with Gasteiger partial charge in [0.05, 0.1) is 0 Å². The van der Waals surface area contributed by atoms with Crippen molar-refractivity contribution in [3.05, 3.63) is 0 Å². The SMILES string of the molecule is O=C1OC(=O)C12CCCC1(C(=O)OC1=O)C21C(=O)OC1=O. The van der Waals surface area contributed by atoms with Crippen LogP contribution in [0.1, 0.15) is 19.3 Å². The third-order valence-electron chi connectivity index (χ3n) is 4.95. The summed E-state index contributed by atoms with van der Waals surface area (Å²) in [4.78, 5) is 71.7. The molecule has 0 aromatic carbocycles. The van der Waals surface area contributed by atoms with Crippen LogP contribution in [-0.4, -0.2) is 35.8 Å². The van der Waals surface area contributed by atoms with Crippen LogP contribution < -0.4 is 0 Å². The summed E-state index contributed by atoms with van der Waals surface area (Å²) < 4.78 is 12.9. The lowest BCUT2D eigenvalue weighted by Gasteiger charge is -2.61. The molecule has 4 fully saturated rings. The molecule has 4 aliphatic rings. The molecule has 1 aliphatic carbocycles. The lowest BCUT2D eigenvalue weighted by molar-refractivity contribution is -0.270. The van der Waals surface area contributed by atoms with Crippen LogP contribution in [-0.2, 0) is 43.0 Å². The number of esters is 6. The van der Waals surface area contributed by atoms with Crippen LogP contribution in [0.4, 0.5) is 0 Å². The van der Waals surface area contributed by atoms with E-state index in [0.29, 0.717) is 0 Å². The summed E-state index contributed by atoms with van der Waals surface area (Å²) >= 11 is 0. The Kier molecular flexibility index (Phi) is 1.75. The van der Waals surface area contributed by atoms with Crippen molar-refractivity contribution < 1.29 is 43.0 Å². The molecule has 3 heterocycles. The van der Waals surface area contributed by atoms with Crippen LogP contribution in [0.5, 0.6) is 0 Å². The molecule has 0 radical (unpaired) electrons. The smallest absolute Gasteiger partial charge is 0.334 e. The van der Waals surface area contributed by atoms with E-state index in [4.69, 9.17) is 0 Å². The van der Waals surface area contributed by atoms with Crippen molar-refractivity contribution in [3.8, 4) is 0 Å². The standard InChI is InChI=1S/C12H6O9/c13-4-10(5(14)19-4)2-1-3-11(6(15)20-7(11)16)12(10)8(17)21-9(12)18/h1-3H2. The van der Waals surface area contributed by atoms with Gasteiger partial charge in [0.15, 0.2) is 10.8 Å². The molecule has 0 N–H and O–H groups in total. The van der Waals surface area contributed by atoms with Crippen molar-refractivity contribution in [1.29, 1.82) is 0 Å². The summed E-state index contributed by atoms with van der Waals surface area (Å²) in [5.41, 5.74) is -6.75. The van der Waals surface area contributed by atoms with Gasteiger partial charge in [-0.2, -0.15) is 0 Å². The highest BCUT2D eigenvalue weighted by Crippen LogP contribution is 2.70. The van der Waals surface area contributed by atoms with Crippen molar-refractivity contribution in [1.82, 2.24) is 0 Å². The molecule has 9 heteroatoms. The minimum Gasteiger partial charge on any atom is -0.391 e. The number of ether oxygens (including phenoxy) is 3. The summed E-state index contributed by atoms with van der Waals surface area (Å²) in [5, 5.41) is 0. The van der Waals surface area contributed by atoms with Gasteiger partial charge in [0.2, 0.25) is 5.41 Å². The van der Waals surface area contributed by atoms with E-state index in [1.807, 2.05) is 0 Å². The first-order valence-electron chi connectivity index (χ1n) is 6.16. The highest BCUT2D eigenvalue weighted by atomic mass is 16.6. The molecule has 4 rings (SSSR count). The molecule has 3 saturated heterocycles. The second-order valence-corrected chi connectivity index (χ2v) is 5.45. The molecule has 0 atom stereocenters. The van der Waals surface area contributed by atoms with Gasteiger partial charge in [0.25, 0.3) is 0 Å². The molecule has 3 aliphatic heterocycles. The van der Waals surface area contributed by atoms with E-state index in [0.717, 1.165) is 0 Å². The number of carbonyl (C=O) groups is 6. The summed E-state index contributed by atoms with van der Waals surface area (Å²) in [5.74, 6) is -6.84. The largest absolute Gasteiger partial charge is 0.391 e. The third-order valence-corrected chi connectivity index (χ3v) is 4.95. The van der Waals surface area contributed by atoms with Crippen LogP contribution in [0, 0.1) is 16.2 Å². The summed E-state index contributed by atoms with van der Waals surface area (Å²) in [7, 11) is 0. The van der Waals surface area contributed by atoms with Gasteiger partial charge in [0, 0.05) is 0 Å². The Morgan fingerprint density at radius 3 is 1.19 bits per heavy atom. The third kappa shape index (κ3) is 0.812. The maximum Gasteiger partial charge on any atom is 0.334 e. The van der Waals surface area contributed by atoms with Crippen molar-refractivity contribution in [2.45, 2.75) is 19.3 Å². The first kappa shape index (κ1) is 12.2. The van der Waals surface area contributed by atoms with E-state index < -0.39 is 52.1 Å². The Bertz CT molecular complexity index is 614. The molecular formula is C12H6O9. The fourth-order valence-electron chi connectivity index (χ4n) is 3.94. The zero-order valence-electron chi connectivity index (χ0n) is 10.3. The lowest BCUT2D eigenvalue weighted by Crippen LogP contribution is -2.85. The minimum absolute atomic E-state index is 0.115. The molecule has 9 nitrogen and oxygen atoms in total. The second kappa shape index (κ2) is 3.02. The van der Waals surface area contributed by atoms with Gasteiger partial charge in [0.1, 0.15) is 0 Å². The number of fused-ring (bicyclic) bond motifs is 2. The van der Waals surface area contributed by atoms with Gasteiger partial charge in [-0.1, -0.05) is 0 Å². The van der Waals surface area contributed by atoms with Crippen LogP contribution >= 0.6 is 0 Å². The summed E-state index contributed by atoms with van der Waals surface area (Å²) in [6.45, 7) is 0. The Morgan fingerprint density at radius 2 is 0.905 bits per heavy atom. The number of rotatable bonds is 0. The van der Waals surface area contributed by atoms with Gasteiger partial charge < -0.3 is 14.2 Å². The van der Waals surface area contributed by atoms with E-state index in [2.05, 4.69) is 14.2 Å². The maximum absolute atomic E-state index is 12.1. The zero-order valence-corrected chi connectivity index (χ0v) is 10.3. The minimum atomic E-state index is -2.46. The Hall–Kier alpha value is -2.58. The highest BCUT2D eigenvalue weighted by molar-refractivity contribution is 6.34. The highest BCUT2D eigenvalue weighted by Gasteiger charge is 2.95. The van der Waals surface area contributed by atoms with Crippen LogP contribution in [0.2, 0.25) is 0 Å². The predicted octanol–water partition coefficient (Wildman–Crippen LogP) is -1.62. The molecule has 0 aromatic heterocycles. The second-order valence-electron chi connectivity index (χ2n) is 5.45. The van der Waals surface area contributed by atoms with Gasteiger partial charge in [-0.25, -0.2) is 0 Å². The molecule has 0 amide bonds. The summed E-state index contributed by atoms with van der Waals surface area (Å²) in [6.07, 6.45) is -0.203. The normalized spacial score (nSPS) is 30.3. The molecule has 0 bridgehead atoms. The van der Waals surface area contributed by atoms with E-state index in [1.165, 1.54) is 0 Å². The van der Waals surface area contributed by atoms with Gasteiger partial charge in [-0.15, -0.1) is 0 Å². The van der Waals surface area contributed by atoms with Crippen molar-refractivity contribution in [2.75, 3.05) is 0 Å². The van der Waals surface area contributed by atoms with E-state index in [9.17, 15) is 28.8 Å². The van der Waals surface area contributed by atoms with Gasteiger partial charge >= 0.3 is 35.8 Å².